The molecule has 3 nitrogen and oxygen atoms in total. The van der Waals surface area contributed by atoms with Crippen LogP contribution in [0.3, 0.4) is 0 Å². The van der Waals surface area contributed by atoms with E-state index >= 15 is 0 Å². The Hall–Kier alpha value is -1.61. The molecule has 0 unspecified atom stereocenters. The van der Waals surface area contributed by atoms with E-state index < -0.39 is 0 Å². The van der Waals surface area contributed by atoms with Crippen molar-refractivity contribution in [2.45, 2.75) is 13.8 Å². The van der Waals surface area contributed by atoms with Gasteiger partial charge in [0.1, 0.15) is 5.76 Å². The van der Waals surface area contributed by atoms with Crippen LogP contribution in [0.5, 0.6) is 0 Å². The van der Waals surface area contributed by atoms with Gasteiger partial charge in [-0.2, -0.15) is 0 Å². The number of aliphatic hydroxyl groups is 1. The summed E-state index contributed by atoms with van der Waals surface area (Å²) >= 11 is 0. The molecule has 3 heteroatoms. The maximum atomic E-state index is 9.60. The second kappa shape index (κ2) is 8.53. The SMILES string of the molecule is C=C/C=C(\C=C(\O)C(=C)C=N)COCC(C)C. The number of allylic oxidation sites excluding steroid dienone is 3. The van der Waals surface area contributed by atoms with E-state index in [-0.39, 0.29) is 11.3 Å². The van der Waals surface area contributed by atoms with E-state index in [2.05, 4.69) is 27.0 Å². The number of hydrogen-bond donors (Lipinski definition) is 2. The molecule has 0 aromatic rings. The van der Waals surface area contributed by atoms with Gasteiger partial charge in [0, 0.05) is 18.4 Å². The van der Waals surface area contributed by atoms with Crippen LogP contribution in [0, 0.1) is 11.3 Å². The van der Waals surface area contributed by atoms with Gasteiger partial charge in [-0.3, -0.25) is 0 Å². The first kappa shape index (κ1) is 15.4. The molecule has 0 radical (unpaired) electrons. The molecule has 0 amide bonds. The summed E-state index contributed by atoms with van der Waals surface area (Å²) in [6, 6.07) is 0. The average Bonchev–Trinajstić information content (AvgIpc) is 2.27. The molecule has 0 aromatic heterocycles. The standard InChI is InChI=1S/C14H21NO2/c1-5-6-13(10-17-9-11(2)3)7-14(16)12(4)8-15/h5-8,11,15-16H,1,4,9-10H2,2-3H3/b13-6+,14-7+,15-8?. The molecule has 0 aliphatic rings. The number of nitrogens with one attached hydrogen (secondary N) is 1. The van der Waals surface area contributed by atoms with Crippen molar-refractivity contribution in [1.82, 2.24) is 0 Å². The molecular formula is C14H21NO2. The number of rotatable bonds is 8. The number of hydrogen-bond acceptors (Lipinski definition) is 3. The Morgan fingerprint density at radius 1 is 1.47 bits per heavy atom. The third kappa shape index (κ3) is 7.30. The molecule has 0 fully saturated rings. The molecule has 0 bridgehead atoms. The van der Waals surface area contributed by atoms with Crippen molar-refractivity contribution in [1.29, 1.82) is 5.41 Å². The summed E-state index contributed by atoms with van der Waals surface area (Å²) < 4.78 is 5.47. The quantitative estimate of drug-likeness (QED) is 0.385. The first-order chi connectivity index (χ1) is 8.01. The Morgan fingerprint density at radius 3 is 2.59 bits per heavy atom. The zero-order valence-electron chi connectivity index (χ0n) is 10.6. The van der Waals surface area contributed by atoms with E-state index in [9.17, 15) is 5.11 Å². The normalized spacial score (nSPS) is 12.6. The summed E-state index contributed by atoms with van der Waals surface area (Å²) in [6.45, 7) is 12.4. The van der Waals surface area contributed by atoms with Crippen LogP contribution in [0.15, 0.2) is 48.3 Å². The van der Waals surface area contributed by atoms with Crippen LogP contribution in [-0.2, 0) is 4.74 Å². The third-order valence-electron chi connectivity index (χ3n) is 1.88. The van der Waals surface area contributed by atoms with E-state index in [4.69, 9.17) is 10.1 Å². The fourth-order valence-corrected chi connectivity index (χ4v) is 1.04. The predicted octanol–water partition coefficient (Wildman–Crippen LogP) is 3.42. The second-order valence-electron chi connectivity index (χ2n) is 4.09. The molecule has 0 aliphatic carbocycles. The fraction of sp³-hybridized carbons (Fsp3) is 0.357. The van der Waals surface area contributed by atoms with E-state index in [1.807, 2.05) is 0 Å². The first-order valence-electron chi connectivity index (χ1n) is 5.51. The van der Waals surface area contributed by atoms with Crippen molar-refractivity contribution in [3.05, 3.63) is 48.3 Å². The highest BCUT2D eigenvalue weighted by Gasteiger charge is 2.01. The number of aliphatic hydroxyl groups excluding tert-OH is 1. The summed E-state index contributed by atoms with van der Waals surface area (Å²) in [5.41, 5.74) is 1.06. The summed E-state index contributed by atoms with van der Waals surface area (Å²) in [5, 5.41) is 16.6. The van der Waals surface area contributed by atoms with Crippen LogP contribution in [0.25, 0.3) is 0 Å². The third-order valence-corrected chi connectivity index (χ3v) is 1.88. The minimum absolute atomic E-state index is 0.0266. The summed E-state index contributed by atoms with van der Waals surface area (Å²) in [7, 11) is 0. The van der Waals surface area contributed by atoms with Crippen LogP contribution in [-0.4, -0.2) is 24.5 Å². The monoisotopic (exact) mass is 235 g/mol. The molecule has 17 heavy (non-hydrogen) atoms. The largest absolute Gasteiger partial charge is 0.507 e. The lowest BCUT2D eigenvalue weighted by molar-refractivity contribution is 0.131. The highest BCUT2D eigenvalue weighted by molar-refractivity contribution is 5.80. The first-order valence-corrected chi connectivity index (χ1v) is 5.51. The van der Waals surface area contributed by atoms with Gasteiger partial charge in [-0.1, -0.05) is 39.2 Å². The lowest BCUT2D eigenvalue weighted by Gasteiger charge is -2.08. The van der Waals surface area contributed by atoms with Gasteiger partial charge in [-0.15, -0.1) is 0 Å². The molecule has 0 saturated heterocycles. The minimum atomic E-state index is -0.0266. The smallest absolute Gasteiger partial charge is 0.124 e. The van der Waals surface area contributed by atoms with Gasteiger partial charge in [0.15, 0.2) is 0 Å². The molecule has 0 rings (SSSR count). The summed E-state index contributed by atoms with van der Waals surface area (Å²) in [5.74, 6) is 0.440. The van der Waals surface area contributed by atoms with Crippen molar-refractivity contribution < 1.29 is 9.84 Å². The van der Waals surface area contributed by atoms with Gasteiger partial charge in [0.25, 0.3) is 0 Å². The molecule has 0 saturated carbocycles. The molecule has 0 aromatic carbocycles. The maximum absolute atomic E-state index is 9.60. The van der Waals surface area contributed by atoms with Crippen LogP contribution in [0.1, 0.15) is 13.8 Å². The molecule has 0 aliphatic heterocycles. The Morgan fingerprint density at radius 2 is 2.12 bits per heavy atom. The molecule has 94 valence electrons. The predicted molar refractivity (Wildman–Crippen MR) is 72.6 cm³/mol. The molecule has 0 heterocycles. The molecule has 0 spiro atoms. The Balaban J connectivity index is 4.54. The van der Waals surface area contributed by atoms with E-state index in [1.54, 1.807) is 12.2 Å². The van der Waals surface area contributed by atoms with Crippen molar-refractivity contribution in [3.8, 4) is 0 Å². The van der Waals surface area contributed by atoms with Crippen molar-refractivity contribution in [2.75, 3.05) is 13.2 Å². The summed E-state index contributed by atoms with van der Waals surface area (Å²) in [6.07, 6.45) is 5.93. The van der Waals surface area contributed by atoms with E-state index in [1.165, 1.54) is 6.08 Å². The lowest BCUT2D eigenvalue weighted by atomic mass is 10.1. The van der Waals surface area contributed by atoms with Crippen LogP contribution in [0.2, 0.25) is 0 Å². The summed E-state index contributed by atoms with van der Waals surface area (Å²) in [4.78, 5) is 0. The maximum Gasteiger partial charge on any atom is 0.124 e. The molecular weight excluding hydrogens is 214 g/mol. The molecule has 0 atom stereocenters. The van der Waals surface area contributed by atoms with Crippen molar-refractivity contribution in [2.24, 2.45) is 5.92 Å². The Kier molecular flexibility index (Phi) is 7.72. The highest BCUT2D eigenvalue weighted by atomic mass is 16.5. The highest BCUT2D eigenvalue weighted by Crippen LogP contribution is 2.08. The molecule has 2 N–H and O–H groups in total. The fourth-order valence-electron chi connectivity index (χ4n) is 1.04. The Bertz CT molecular complexity index is 338. The van der Waals surface area contributed by atoms with Gasteiger partial charge in [0.05, 0.1) is 6.61 Å². The van der Waals surface area contributed by atoms with Crippen LogP contribution in [0.4, 0.5) is 0 Å². The van der Waals surface area contributed by atoms with Crippen LogP contribution < -0.4 is 0 Å². The second-order valence-corrected chi connectivity index (χ2v) is 4.09. The topological polar surface area (TPSA) is 53.3 Å². The Labute approximate surface area is 103 Å². The van der Waals surface area contributed by atoms with Gasteiger partial charge in [-0.05, 0) is 17.6 Å². The van der Waals surface area contributed by atoms with Crippen LogP contribution >= 0.6 is 0 Å². The van der Waals surface area contributed by atoms with E-state index in [0.717, 1.165) is 11.8 Å². The average molecular weight is 235 g/mol. The van der Waals surface area contributed by atoms with Crippen molar-refractivity contribution >= 4 is 6.21 Å². The van der Waals surface area contributed by atoms with E-state index in [0.29, 0.717) is 19.1 Å². The van der Waals surface area contributed by atoms with Gasteiger partial charge < -0.3 is 15.3 Å². The zero-order chi connectivity index (χ0) is 13.3. The van der Waals surface area contributed by atoms with Crippen molar-refractivity contribution in [3.63, 3.8) is 0 Å². The van der Waals surface area contributed by atoms with Gasteiger partial charge in [-0.25, -0.2) is 0 Å². The minimum Gasteiger partial charge on any atom is -0.507 e. The number of ether oxygens (including phenoxy) is 1. The zero-order valence-corrected chi connectivity index (χ0v) is 10.6. The van der Waals surface area contributed by atoms with Gasteiger partial charge >= 0.3 is 0 Å². The van der Waals surface area contributed by atoms with Gasteiger partial charge in [0.2, 0.25) is 0 Å². The lowest BCUT2D eigenvalue weighted by Crippen LogP contribution is -2.04.